The molecule has 22 heavy (non-hydrogen) atoms. The van der Waals surface area contributed by atoms with E-state index in [0.717, 1.165) is 16.7 Å². The van der Waals surface area contributed by atoms with Gasteiger partial charge in [-0.15, -0.1) is 0 Å². The first kappa shape index (κ1) is 17.0. The van der Waals surface area contributed by atoms with E-state index in [1.807, 2.05) is 32.9 Å². The summed E-state index contributed by atoms with van der Waals surface area (Å²) in [4.78, 5) is 0. The second-order valence-electron chi connectivity index (χ2n) is 5.59. The summed E-state index contributed by atoms with van der Waals surface area (Å²) < 4.78 is 27.4. The third-order valence-corrected chi connectivity index (χ3v) is 5.15. The van der Waals surface area contributed by atoms with Gasteiger partial charge in [-0.05, 0) is 49.6 Å². The van der Waals surface area contributed by atoms with Crippen molar-refractivity contribution in [2.45, 2.75) is 32.6 Å². The highest BCUT2D eigenvalue weighted by Crippen LogP contribution is 2.20. The Balaban J connectivity index is 2.14. The first-order valence-corrected chi connectivity index (χ1v) is 9.11. The van der Waals surface area contributed by atoms with Gasteiger partial charge in [0.1, 0.15) is 0 Å². The molecule has 2 rings (SSSR count). The Hall–Kier alpha value is -1.36. The normalized spacial score (nSPS) is 13.1. The van der Waals surface area contributed by atoms with Crippen LogP contribution in [0.3, 0.4) is 0 Å². The molecule has 5 heteroatoms. The van der Waals surface area contributed by atoms with Gasteiger partial charge in [0, 0.05) is 11.1 Å². The van der Waals surface area contributed by atoms with Crippen LogP contribution in [-0.4, -0.2) is 8.42 Å². The fourth-order valence-electron chi connectivity index (χ4n) is 2.53. The zero-order valence-corrected chi connectivity index (χ0v) is 14.5. The number of nitrogens with one attached hydrogen (secondary N) is 1. The van der Waals surface area contributed by atoms with Crippen LogP contribution in [0.5, 0.6) is 0 Å². The van der Waals surface area contributed by atoms with Crippen molar-refractivity contribution in [2.24, 2.45) is 0 Å². The molecule has 0 saturated heterocycles. The van der Waals surface area contributed by atoms with Crippen LogP contribution in [0.2, 0.25) is 5.02 Å². The highest BCUT2D eigenvalue weighted by atomic mass is 35.5. The summed E-state index contributed by atoms with van der Waals surface area (Å²) in [6.07, 6.45) is 0. The van der Waals surface area contributed by atoms with Gasteiger partial charge in [0.05, 0.1) is 5.75 Å². The number of aryl methyl sites for hydroxylation is 2. The number of rotatable bonds is 5. The standard InChI is InChI=1S/C17H20ClNO2S/c1-12-7-8-17(13(2)9-12)14(3)19-22(20,21)11-15-5-4-6-16(18)10-15/h4-10,14,19H,11H2,1-3H3. The second-order valence-corrected chi connectivity index (χ2v) is 7.78. The Morgan fingerprint density at radius 2 is 1.86 bits per heavy atom. The van der Waals surface area contributed by atoms with Crippen LogP contribution < -0.4 is 4.72 Å². The van der Waals surface area contributed by atoms with Crippen molar-refractivity contribution in [3.8, 4) is 0 Å². The molecule has 0 fully saturated rings. The monoisotopic (exact) mass is 337 g/mol. The fourth-order valence-corrected chi connectivity index (χ4v) is 4.11. The van der Waals surface area contributed by atoms with E-state index in [0.29, 0.717) is 10.6 Å². The second kappa shape index (κ2) is 6.82. The molecule has 0 radical (unpaired) electrons. The smallest absolute Gasteiger partial charge is 0.212 e. The van der Waals surface area contributed by atoms with Gasteiger partial charge in [-0.2, -0.15) is 0 Å². The molecule has 0 bridgehead atoms. The summed E-state index contributed by atoms with van der Waals surface area (Å²) in [6, 6.07) is 12.6. The average Bonchev–Trinajstić information content (AvgIpc) is 2.36. The minimum atomic E-state index is -3.43. The summed E-state index contributed by atoms with van der Waals surface area (Å²) in [5, 5.41) is 0.537. The van der Waals surface area contributed by atoms with Crippen molar-refractivity contribution in [3.63, 3.8) is 0 Å². The number of halogens is 1. The molecule has 0 amide bonds. The Morgan fingerprint density at radius 3 is 2.50 bits per heavy atom. The molecule has 0 saturated carbocycles. The minimum absolute atomic E-state index is 0.0805. The maximum Gasteiger partial charge on any atom is 0.216 e. The van der Waals surface area contributed by atoms with Gasteiger partial charge in [0.15, 0.2) is 0 Å². The molecule has 3 nitrogen and oxygen atoms in total. The Morgan fingerprint density at radius 1 is 1.14 bits per heavy atom. The highest BCUT2D eigenvalue weighted by molar-refractivity contribution is 7.88. The summed E-state index contributed by atoms with van der Waals surface area (Å²) >= 11 is 5.90. The molecule has 2 aromatic rings. The maximum atomic E-state index is 12.3. The summed E-state index contributed by atoms with van der Waals surface area (Å²) in [6.45, 7) is 5.86. The molecule has 1 N–H and O–H groups in total. The van der Waals surface area contributed by atoms with Gasteiger partial charge in [-0.1, -0.05) is 47.5 Å². The van der Waals surface area contributed by atoms with Crippen LogP contribution in [0.1, 0.15) is 35.2 Å². The summed E-state index contributed by atoms with van der Waals surface area (Å²) in [5.74, 6) is -0.0805. The van der Waals surface area contributed by atoms with Crippen molar-refractivity contribution >= 4 is 21.6 Å². The van der Waals surface area contributed by atoms with Crippen molar-refractivity contribution in [1.82, 2.24) is 4.72 Å². The van der Waals surface area contributed by atoms with E-state index in [2.05, 4.69) is 10.8 Å². The fraction of sp³-hybridized carbons (Fsp3) is 0.294. The zero-order chi connectivity index (χ0) is 16.3. The SMILES string of the molecule is Cc1ccc(C(C)NS(=O)(=O)Cc2cccc(Cl)c2)c(C)c1. The van der Waals surface area contributed by atoms with Crippen molar-refractivity contribution in [2.75, 3.05) is 0 Å². The van der Waals surface area contributed by atoms with Crippen LogP contribution in [0.25, 0.3) is 0 Å². The van der Waals surface area contributed by atoms with Gasteiger partial charge in [-0.3, -0.25) is 0 Å². The van der Waals surface area contributed by atoms with Gasteiger partial charge in [0.25, 0.3) is 0 Å². The third kappa shape index (κ3) is 4.57. The minimum Gasteiger partial charge on any atom is -0.212 e. The summed E-state index contributed by atoms with van der Waals surface area (Å²) in [7, 11) is -3.43. The first-order valence-electron chi connectivity index (χ1n) is 7.08. The lowest BCUT2D eigenvalue weighted by Crippen LogP contribution is -2.28. The molecule has 0 aliphatic heterocycles. The van der Waals surface area contributed by atoms with E-state index < -0.39 is 10.0 Å². The van der Waals surface area contributed by atoms with Crippen LogP contribution in [0, 0.1) is 13.8 Å². The predicted octanol–water partition coefficient (Wildman–Crippen LogP) is 4.14. The van der Waals surface area contributed by atoms with Crippen LogP contribution in [-0.2, 0) is 15.8 Å². The molecule has 1 unspecified atom stereocenters. The van der Waals surface area contributed by atoms with Crippen LogP contribution in [0.4, 0.5) is 0 Å². The molecule has 2 aromatic carbocycles. The van der Waals surface area contributed by atoms with E-state index in [1.54, 1.807) is 24.3 Å². The lowest BCUT2D eigenvalue weighted by Gasteiger charge is -2.17. The lowest BCUT2D eigenvalue weighted by atomic mass is 10.0. The molecular formula is C17H20ClNO2S. The van der Waals surface area contributed by atoms with E-state index in [4.69, 9.17) is 11.6 Å². The van der Waals surface area contributed by atoms with Gasteiger partial charge >= 0.3 is 0 Å². The van der Waals surface area contributed by atoms with Crippen molar-refractivity contribution in [3.05, 3.63) is 69.7 Å². The number of benzene rings is 2. The predicted molar refractivity (Wildman–Crippen MR) is 91.5 cm³/mol. The average molecular weight is 338 g/mol. The Labute approximate surface area is 137 Å². The van der Waals surface area contributed by atoms with Crippen molar-refractivity contribution in [1.29, 1.82) is 0 Å². The van der Waals surface area contributed by atoms with E-state index in [-0.39, 0.29) is 11.8 Å². The van der Waals surface area contributed by atoms with Gasteiger partial charge in [-0.25, -0.2) is 13.1 Å². The largest absolute Gasteiger partial charge is 0.216 e. The zero-order valence-electron chi connectivity index (χ0n) is 12.9. The lowest BCUT2D eigenvalue weighted by molar-refractivity contribution is 0.565. The molecule has 0 aromatic heterocycles. The Bertz CT molecular complexity index is 772. The first-order chi connectivity index (χ1) is 10.3. The molecule has 118 valence electrons. The highest BCUT2D eigenvalue weighted by Gasteiger charge is 2.18. The topological polar surface area (TPSA) is 46.2 Å². The molecular weight excluding hydrogens is 318 g/mol. The quantitative estimate of drug-likeness (QED) is 0.891. The molecule has 0 aliphatic rings. The van der Waals surface area contributed by atoms with E-state index in [1.165, 1.54) is 0 Å². The van der Waals surface area contributed by atoms with E-state index in [9.17, 15) is 8.42 Å². The van der Waals surface area contributed by atoms with Gasteiger partial charge < -0.3 is 0 Å². The maximum absolute atomic E-state index is 12.3. The number of hydrogen-bond donors (Lipinski definition) is 1. The number of sulfonamides is 1. The van der Waals surface area contributed by atoms with E-state index >= 15 is 0 Å². The van der Waals surface area contributed by atoms with Gasteiger partial charge in [0.2, 0.25) is 10.0 Å². The summed E-state index contributed by atoms with van der Waals surface area (Å²) in [5.41, 5.74) is 3.90. The van der Waals surface area contributed by atoms with Crippen LogP contribution >= 0.6 is 11.6 Å². The third-order valence-electron chi connectivity index (χ3n) is 3.49. The molecule has 0 aliphatic carbocycles. The molecule has 0 heterocycles. The van der Waals surface area contributed by atoms with Crippen molar-refractivity contribution < 1.29 is 8.42 Å². The number of hydrogen-bond acceptors (Lipinski definition) is 2. The molecule has 1 atom stereocenters. The van der Waals surface area contributed by atoms with Crippen LogP contribution in [0.15, 0.2) is 42.5 Å². The Kier molecular flexibility index (Phi) is 5.27. The molecule has 0 spiro atoms.